The highest BCUT2D eigenvalue weighted by Crippen LogP contribution is 2.20. The van der Waals surface area contributed by atoms with Crippen LogP contribution < -0.4 is 0 Å². The van der Waals surface area contributed by atoms with Gasteiger partial charge in [-0.1, -0.05) is 0 Å². The fraction of sp³-hybridized carbons (Fsp3) is 0.600. The Labute approximate surface area is 146 Å². The summed E-state index contributed by atoms with van der Waals surface area (Å²) in [7, 11) is 3.09. The molecule has 1 unspecified atom stereocenters. The minimum atomic E-state index is -0.330. The summed E-state index contributed by atoms with van der Waals surface area (Å²) in [6.07, 6.45) is 6.45. The Morgan fingerprint density at radius 3 is 2.75 bits per heavy atom. The van der Waals surface area contributed by atoms with Crippen molar-refractivity contribution in [3.63, 3.8) is 0 Å². The molecule has 1 N–H and O–H groups in total. The molecule has 1 rings (SSSR count). The van der Waals surface area contributed by atoms with E-state index in [2.05, 4.69) is 0 Å². The van der Waals surface area contributed by atoms with Crippen LogP contribution in [-0.2, 0) is 24.0 Å². The Kier molecular flexibility index (Phi) is 12.7. The third-order valence-corrected chi connectivity index (χ3v) is 3.90. The second-order valence-electron chi connectivity index (χ2n) is 4.92. The van der Waals surface area contributed by atoms with Crippen molar-refractivity contribution in [2.24, 2.45) is 0 Å². The van der Waals surface area contributed by atoms with E-state index in [0.717, 1.165) is 25.2 Å². The predicted molar refractivity (Wildman–Crippen MR) is 90.1 cm³/mol. The number of likely N-dealkylation sites (N-methyl/N-ethyl adjacent to an activating group) is 1. The van der Waals surface area contributed by atoms with Crippen molar-refractivity contribution in [1.82, 2.24) is 9.96 Å². The third-order valence-electron chi connectivity index (χ3n) is 3.21. The van der Waals surface area contributed by atoms with E-state index in [1.54, 1.807) is 7.05 Å². The molecule has 1 atom stereocenters. The molecular weight excluding hydrogens is 336 g/mol. The first-order chi connectivity index (χ1) is 11.5. The monoisotopic (exact) mass is 360 g/mol. The van der Waals surface area contributed by atoms with Gasteiger partial charge in [-0.15, -0.1) is 0 Å². The molecule has 0 aliphatic carbocycles. The summed E-state index contributed by atoms with van der Waals surface area (Å²) in [5, 5.41) is 0.959. The summed E-state index contributed by atoms with van der Waals surface area (Å²) in [6.45, 7) is 1.16. The number of aldehydes is 2. The summed E-state index contributed by atoms with van der Waals surface area (Å²) in [4.78, 5) is 48.4. The molecule has 0 aromatic rings. The lowest BCUT2D eigenvalue weighted by Crippen LogP contribution is -2.41. The number of carbonyl (C=O) groups excluding carboxylic acids is 4. The Morgan fingerprint density at radius 2 is 2.21 bits per heavy atom. The van der Waals surface area contributed by atoms with E-state index in [1.807, 2.05) is 0 Å². The molecule has 1 heterocycles. The number of amides is 2. The van der Waals surface area contributed by atoms with Crippen molar-refractivity contribution < 1.29 is 28.6 Å². The molecule has 1 fully saturated rings. The van der Waals surface area contributed by atoms with Gasteiger partial charge in [0.25, 0.3) is 5.91 Å². The van der Waals surface area contributed by atoms with Crippen LogP contribution in [0.2, 0.25) is 0 Å². The smallest absolute Gasteiger partial charge is 0.261 e. The zero-order valence-corrected chi connectivity index (χ0v) is 14.7. The summed E-state index contributed by atoms with van der Waals surface area (Å²) < 4.78 is 8.69. The third kappa shape index (κ3) is 8.80. The second-order valence-corrected chi connectivity index (χ2v) is 5.70. The molecule has 136 valence electrons. The molecule has 0 radical (unpaired) electrons. The van der Waals surface area contributed by atoms with Gasteiger partial charge >= 0.3 is 0 Å². The van der Waals surface area contributed by atoms with E-state index in [-0.39, 0.29) is 17.1 Å². The van der Waals surface area contributed by atoms with Crippen LogP contribution in [-0.4, -0.2) is 71.4 Å². The molecule has 2 amide bonds. The summed E-state index contributed by atoms with van der Waals surface area (Å²) in [5.41, 5.74) is 0. The Morgan fingerprint density at radius 1 is 1.50 bits per heavy atom. The number of nitrogens with zero attached hydrogens (tertiary/aromatic N) is 2. The number of hydrogen-bond acceptors (Lipinski definition) is 7. The highest BCUT2D eigenvalue weighted by Gasteiger charge is 2.29. The fourth-order valence-corrected chi connectivity index (χ4v) is 2.34. The lowest BCUT2D eigenvalue weighted by molar-refractivity contribution is -0.179. The minimum Gasteiger partial charge on any atom is -0.342 e. The zero-order valence-electron chi connectivity index (χ0n) is 13.9. The zero-order chi connectivity index (χ0) is 18.4. The first kappa shape index (κ1) is 22.3. The first-order valence-electron chi connectivity index (χ1n) is 7.48. The highest BCUT2D eigenvalue weighted by molar-refractivity contribution is 7.95. The SMILES string of the molecule is CN(CCCC=O)C(=O)/C=C\C=O.CON1CCCC(SO)C1=O. The molecule has 9 heteroatoms. The number of hydroxylamine groups is 2. The van der Waals surface area contributed by atoms with Crippen molar-refractivity contribution in [3.05, 3.63) is 12.2 Å². The van der Waals surface area contributed by atoms with Crippen molar-refractivity contribution in [2.75, 3.05) is 27.2 Å². The molecule has 1 saturated heterocycles. The van der Waals surface area contributed by atoms with Crippen LogP contribution in [0.1, 0.15) is 25.7 Å². The number of piperidine rings is 1. The molecule has 0 spiro atoms. The number of unbranched alkanes of at least 4 members (excludes halogenated alkanes) is 1. The molecule has 0 saturated carbocycles. The standard InChI is InChI=1S/C9H13NO3.C6H11NO3S/c1-10(6-2-3-7-11)9(13)5-4-8-12;1-10-7-4-2-3-5(11-9)6(7)8/h4-5,7-8H,2-3,6H2,1H3;5,9H,2-4H2,1H3/b5-4-;. The quantitative estimate of drug-likeness (QED) is 0.297. The summed E-state index contributed by atoms with van der Waals surface area (Å²) >= 11 is 0.602. The van der Waals surface area contributed by atoms with Gasteiger partial charge in [-0.3, -0.25) is 19.2 Å². The van der Waals surface area contributed by atoms with Gasteiger partial charge in [-0.25, -0.2) is 5.06 Å². The molecule has 24 heavy (non-hydrogen) atoms. The van der Waals surface area contributed by atoms with Gasteiger partial charge in [0.05, 0.1) is 7.11 Å². The van der Waals surface area contributed by atoms with Gasteiger partial charge in [0, 0.05) is 44.7 Å². The summed E-state index contributed by atoms with van der Waals surface area (Å²) in [6, 6.07) is 0. The van der Waals surface area contributed by atoms with E-state index in [9.17, 15) is 19.2 Å². The Bertz CT molecular complexity index is 430. The van der Waals surface area contributed by atoms with Crippen LogP contribution in [0.15, 0.2) is 12.2 Å². The van der Waals surface area contributed by atoms with Gasteiger partial charge in [0.15, 0.2) is 0 Å². The maximum Gasteiger partial charge on any atom is 0.261 e. The van der Waals surface area contributed by atoms with E-state index in [4.69, 9.17) is 9.39 Å². The second kappa shape index (κ2) is 13.7. The van der Waals surface area contributed by atoms with Crippen LogP contribution in [0.3, 0.4) is 0 Å². The maximum atomic E-state index is 11.2. The largest absolute Gasteiger partial charge is 0.342 e. The number of carbonyl (C=O) groups is 4. The topological polar surface area (TPSA) is 104 Å². The maximum absolute atomic E-state index is 11.2. The van der Waals surface area contributed by atoms with Crippen LogP contribution in [0, 0.1) is 0 Å². The van der Waals surface area contributed by atoms with Gasteiger partial charge in [0.2, 0.25) is 5.91 Å². The molecule has 1 aliphatic rings. The van der Waals surface area contributed by atoms with Crippen molar-refractivity contribution in [3.8, 4) is 0 Å². The van der Waals surface area contributed by atoms with Gasteiger partial charge in [0.1, 0.15) is 17.8 Å². The van der Waals surface area contributed by atoms with Crippen LogP contribution in [0.5, 0.6) is 0 Å². The molecule has 0 bridgehead atoms. The van der Waals surface area contributed by atoms with Crippen molar-refractivity contribution in [2.45, 2.75) is 30.9 Å². The normalized spacial score (nSPS) is 17.2. The first-order valence-corrected chi connectivity index (χ1v) is 8.31. The fourth-order valence-electron chi connectivity index (χ4n) is 1.86. The number of allylic oxidation sites excluding steroid dienone is 1. The van der Waals surface area contributed by atoms with E-state index < -0.39 is 0 Å². The molecule has 0 aromatic heterocycles. The van der Waals surface area contributed by atoms with Crippen LogP contribution >= 0.6 is 12.0 Å². The minimum absolute atomic E-state index is 0.133. The summed E-state index contributed by atoms with van der Waals surface area (Å²) in [5.74, 6) is -0.357. The average molecular weight is 360 g/mol. The van der Waals surface area contributed by atoms with Crippen molar-refractivity contribution in [1.29, 1.82) is 0 Å². The van der Waals surface area contributed by atoms with E-state index in [1.165, 1.54) is 23.1 Å². The van der Waals surface area contributed by atoms with Crippen LogP contribution in [0.4, 0.5) is 0 Å². The molecule has 1 aliphatic heterocycles. The highest BCUT2D eigenvalue weighted by atomic mass is 32.2. The molecular formula is C15H24N2O6S. The lowest BCUT2D eigenvalue weighted by atomic mass is 10.1. The number of rotatable bonds is 8. The van der Waals surface area contributed by atoms with E-state index >= 15 is 0 Å². The molecule has 8 nitrogen and oxygen atoms in total. The van der Waals surface area contributed by atoms with Crippen LogP contribution in [0.25, 0.3) is 0 Å². The average Bonchev–Trinajstić information content (AvgIpc) is 2.60. The lowest BCUT2D eigenvalue weighted by Gasteiger charge is -2.28. The molecule has 0 aromatic carbocycles. The Hall–Kier alpha value is -1.71. The van der Waals surface area contributed by atoms with E-state index in [0.29, 0.717) is 44.3 Å². The van der Waals surface area contributed by atoms with Gasteiger partial charge in [-0.05, 0) is 25.3 Å². The van der Waals surface area contributed by atoms with Crippen molar-refractivity contribution >= 4 is 36.4 Å². The predicted octanol–water partition coefficient (Wildman–Crippen LogP) is 0.924. The number of hydrogen-bond donors (Lipinski definition) is 1. The Balaban J connectivity index is 0.000000446. The van der Waals surface area contributed by atoms with Gasteiger partial charge < -0.3 is 14.2 Å². The van der Waals surface area contributed by atoms with Gasteiger partial charge in [-0.2, -0.15) is 0 Å².